The average molecular weight is 330 g/mol. The smallest absolute Gasteiger partial charge is 0.319 e. The Hall–Kier alpha value is -2.48. The van der Waals surface area contributed by atoms with Gasteiger partial charge in [-0.25, -0.2) is 4.98 Å². The van der Waals surface area contributed by atoms with Crippen LogP contribution < -0.4 is 14.4 Å². The zero-order valence-electron chi connectivity index (χ0n) is 14.5. The molecule has 0 spiro atoms. The Morgan fingerprint density at radius 2 is 1.79 bits per heavy atom. The van der Waals surface area contributed by atoms with Gasteiger partial charge >= 0.3 is 6.01 Å². The number of piperazine rings is 1. The van der Waals surface area contributed by atoms with E-state index in [0.29, 0.717) is 17.1 Å². The molecule has 0 saturated carbocycles. The number of anilines is 1. The molecule has 0 aliphatic carbocycles. The lowest BCUT2D eigenvalue weighted by Gasteiger charge is -2.33. The molecule has 8 nitrogen and oxygen atoms in total. The maximum Gasteiger partial charge on any atom is 0.319 e. The molecule has 128 valence electrons. The third-order valence-electron chi connectivity index (χ3n) is 4.16. The van der Waals surface area contributed by atoms with Gasteiger partial charge in [-0.15, -0.1) is 10.2 Å². The largest absolute Gasteiger partial charge is 0.480 e. The van der Waals surface area contributed by atoms with Crippen molar-refractivity contribution >= 4 is 5.82 Å². The number of aryl methyl sites for hydroxylation is 1. The third-order valence-corrected chi connectivity index (χ3v) is 4.16. The molecule has 24 heavy (non-hydrogen) atoms. The molecule has 3 rings (SSSR count). The Labute approximate surface area is 141 Å². The predicted molar refractivity (Wildman–Crippen MR) is 90.6 cm³/mol. The molecule has 0 amide bonds. The molecular formula is C16H22N6O2. The van der Waals surface area contributed by atoms with Crippen LogP contribution >= 0.6 is 0 Å². The van der Waals surface area contributed by atoms with Crippen LogP contribution in [0.3, 0.4) is 0 Å². The van der Waals surface area contributed by atoms with Gasteiger partial charge in [0.25, 0.3) is 0 Å². The zero-order valence-corrected chi connectivity index (χ0v) is 14.5. The van der Waals surface area contributed by atoms with Crippen molar-refractivity contribution in [2.75, 3.05) is 52.3 Å². The van der Waals surface area contributed by atoms with Crippen LogP contribution in [0.5, 0.6) is 11.9 Å². The summed E-state index contributed by atoms with van der Waals surface area (Å²) in [6.45, 7) is 5.98. The molecule has 1 saturated heterocycles. The third kappa shape index (κ3) is 3.23. The monoisotopic (exact) mass is 330 g/mol. The van der Waals surface area contributed by atoms with Crippen molar-refractivity contribution in [2.45, 2.75) is 6.92 Å². The Balaban J connectivity index is 1.90. The van der Waals surface area contributed by atoms with E-state index < -0.39 is 0 Å². The van der Waals surface area contributed by atoms with Gasteiger partial charge in [-0.1, -0.05) is 0 Å². The molecule has 1 fully saturated rings. The van der Waals surface area contributed by atoms with Crippen LogP contribution in [0.15, 0.2) is 12.3 Å². The van der Waals surface area contributed by atoms with Crippen molar-refractivity contribution in [3.63, 3.8) is 0 Å². The number of aromatic nitrogens is 4. The van der Waals surface area contributed by atoms with Gasteiger partial charge in [0.1, 0.15) is 5.69 Å². The number of nitrogens with zero attached hydrogens (tertiary/aromatic N) is 6. The molecule has 1 aliphatic heterocycles. The highest BCUT2D eigenvalue weighted by molar-refractivity contribution is 5.68. The lowest BCUT2D eigenvalue weighted by Crippen LogP contribution is -2.44. The van der Waals surface area contributed by atoms with E-state index in [4.69, 9.17) is 9.47 Å². The summed E-state index contributed by atoms with van der Waals surface area (Å²) in [5, 5.41) is 8.80. The molecule has 0 N–H and O–H groups in total. The van der Waals surface area contributed by atoms with E-state index in [1.165, 1.54) is 7.11 Å². The summed E-state index contributed by atoms with van der Waals surface area (Å²) in [5.41, 5.74) is 2.42. The molecule has 2 aromatic heterocycles. The first-order chi connectivity index (χ1) is 11.6. The summed E-state index contributed by atoms with van der Waals surface area (Å²) in [6.07, 6.45) is 1.65. The van der Waals surface area contributed by atoms with Gasteiger partial charge in [-0.3, -0.25) is 0 Å². The van der Waals surface area contributed by atoms with Crippen molar-refractivity contribution in [2.24, 2.45) is 0 Å². The Morgan fingerprint density at radius 3 is 2.42 bits per heavy atom. The maximum atomic E-state index is 5.34. The van der Waals surface area contributed by atoms with Crippen molar-refractivity contribution < 1.29 is 9.47 Å². The molecule has 0 aromatic carbocycles. The lowest BCUT2D eigenvalue weighted by atomic mass is 10.1. The van der Waals surface area contributed by atoms with Crippen molar-refractivity contribution in [3.8, 4) is 23.1 Å². The number of rotatable bonds is 4. The SMILES string of the molecule is COc1ncc(-c2nnc(N3CCN(C)CC3)cc2C)c(OC)n1. The van der Waals surface area contributed by atoms with Gasteiger partial charge in [-0.2, -0.15) is 4.98 Å². The zero-order chi connectivity index (χ0) is 17.1. The van der Waals surface area contributed by atoms with Crippen molar-refractivity contribution in [1.29, 1.82) is 0 Å². The predicted octanol–water partition coefficient (Wildman–Crippen LogP) is 1.01. The number of ether oxygens (including phenoxy) is 2. The first-order valence-corrected chi connectivity index (χ1v) is 7.85. The minimum atomic E-state index is 0.260. The topological polar surface area (TPSA) is 76.5 Å². The molecule has 1 aliphatic rings. The fourth-order valence-corrected chi connectivity index (χ4v) is 2.69. The van der Waals surface area contributed by atoms with Gasteiger partial charge in [0, 0.05) is 32.4 Å². The van der Waals surface area contributed by atoms with Crippen molar-refractivity contribution in [1.82, 2.24) is 25.1 Å². The van der Waals surface area contributed by atoms with E-state index in [0.717, 1.165) is 37.6 Å². The molecule has 0 radical (unpaired) electrons. The standard InChI is InChI=1S/C16H22N6O2/c1-11-9-13(22-7-5-21(2)6-8-22)19-20-14(11)12-10-17-16(24-4)18-15(12)23-3/h9-10H,5-8H2,1-4H3. The van der Waals surface area contributed by atoms with Crippen LogP contribution in [0.2, 0.25) is 0 Å². The number of methoxy groups -OCH3 is 2. The molecule has 0 atom stereocenters. The van der Waals surface area contributed by atoms with E-state index in [1.807, 2.05) is 6.92 Å². The molecule has 0 unspecified atom stereocenters. The summed E-state index contributed by atoms with van der Waals surface area (Å²) in [5.74, 6) is 1.32. The molecule has 2 aromatic rings. The fraction of sp³-hybridized carbons (Fsp3) is 0.500. The maximum absolute atomic E-state index is 5.34. The molecule has 3 heterocycles. The highest BCUT2D eigenvalue weighted by Crippen LogP contribution is 2.30. The van der Waals surface area contributed by atoms with Gasteiger partial charge in [0.05, 0.1) is 19.8 Å². The number of hydrogen-bond donors (Lipinski definition) is 0. The highest BCUT2D eigenvalue weighted by Gasteiger charge is 2.19. The van der Waals surface area contributed by atoms with Crippen LogP contribution in [-0.4, -0.2) is 72.5 Å². The van der Waals surface area contributed by atoms with E-state index in [2.05, 4.69) is 43.1 Å². The quantitative estimate of drug-likeness (QED) is 0.822. The Bertz CT molecular complexity index is 716. The minimum absolute atomic E-state index is 0.260. The van der Waals surface area contributed by atoms with E-state index in [1.54, 1.807) is 13.3 Å². The summed E-state index contributed by atoms with van der Waals surface area (Å²) in [6, 6.07) is 2.31. The Morgan fingerprint density at radius 1 is 1.04 bits per heavy atom. The second kappa shape index (κ2) is 6.96. The van der Waals surface area contributed by atoms with E-state index >= 15 is 0 Å². The normalized spacial score (nSPS) is 15.4. The number of likely N-dealkylation sites (N-methyl/N-ethyl adjacent to an activating group) is 1. The van der Waals surface area contributed by atoms with Crippen LogP contribution in [0, 0.1) is 6.92 Å². The molecule has 0 bridgehead atoms. The van der Waals surface area contributed by atoms with Gasteiger partial charge < -0.3 is 19.3 Å². The second-order valence-corrected chi connectivity index (χ2v) is 5.80. The summed E-state index contributed by atoms with van der Waals surface area (Å²) >= 11 is 0. The summed E-state index contributed by atoms with van der Waals surface area (Å²) in [7, 11) is 5.21. The first kappa shape index (κ1) is 16.4. The van der Waals surface area contributed by atoms with Crippen LogP contribution in [-0.2, 0) is 0 Å². The lowest BCUT2D eigenvalue weighted by molar-refractivity contribution is 0.312. The fourth-order valence-electron chi connectivity index (χ4n) is 2.69. The molecular weight excluding hydrogens is 308 g/mol. The van der Waals surface area contributed by atoms with Gasteiger partial charge in [-0.05, 0) is 25.6 Å². The van der Waals surface area contributed by atoms with Crippen LogP contribution in [0.25, 0.3) is 11.3 Å². The van der Waals surface area contributed by atoms with E-state index in [-0.39, 0.29) is 6.01 Å². The summed E-state index contributed by atoms with van der Waals surface area (Å²) < 4.78 is 10.4. The van der Waals surface area contributed by atoms with Crippen LogP contribution in [0.1, 0.15) is 5.56 Å². The average Bonchev–Trinajstić information content (AvgIpc) is 2.62. The van der Waals surface area contributed by atoms with E-state index in [9.17, 15) is 0 Å². The minimum Gasteiger partial charge on any atom is -0.480 e. The van der Waals surface area contributed by atoms with Gasteiger partial charge in [0.2, 0.25) is 5.88 Å². The van der Waals surface area contributed by atoms with Gasteiger partial charge in [0.15, 0.2) is 5.82 Å². The van der Waals surface area contributed by atoms with Crippen molar-refractivity contribution in [3.05, 3.63) is 17.8 Å². The Kier molecular flexibility index (Phi) is 4.75. The first-order valence-electron chi connectivity index (χ1n) is 7.85. The van der Waals surface area contributed by atoms with Crippen LogP contribution in [0.4, 0.5) is 5.82 Å². The summed E-state index contributed by atoms with van der Waals surface area (Å²) in [4.78, 5) is 12.9. The highest BCUT2D eigenvalue weighted by atomic mass is 16.5. The second-order valence-electron chi connectivity index (χ2n) is 5.80. The molecule has 8 heteroatoms. The number of hydrogen-bond acceptors (Lipinski definition) is 8.